The number of hydrogen-bond acceptors (Lipinski definition) is 5. The van der Waals surface area contributed by atoms with Crippen molar-refractivity contribution in [1.82, 2.24) is 10.3 Å². The van der Waals surface area contributed by atoms with Crippen molar-refractivity contribution in [2.45, 2.75) is 38.1 Å². The standard InChI is InChI=1S/C19H21FN2O4/c1-25-19(24)16-10-17(14-9-12(20)7-8-15(14)22-16)26-11-18(23)21-13-5-3-2-4-6-13/h7-10,13H,2-6,11H2,1H3,(H,21,23). The van der Waals surface area contributed by atoms with E-state index in [2.05, 4.69) is 15.0 Å². The van der Waals surface area contributed by atoms with Crippen molar-refractivity contribution in [3.63, 3.8) is 0 Å². The summed E-state index contributed by atoms with van der Waals surface area (Å²) in [5.74, 6) is -1.11. The maximum absolute atomic E-state index is 13.6. The highest BCUT2D eigenvalue weighted by atomic mass is 19.1. The first-order chi connectivity index (χ1) is 12.6. The number of esters is 1. The van der Waals surface area contributed by atoms with Gasteiger partial charge in [-0.05, 0) is 31.0 Å². The van der Waals surface area contributed by atoms with Crippen LogP contribution in [0.3, 0.4) is 0 Å². The van der Waals surface area contributed by atoms with Crippen molar-refractivity contribution in [2.24, 2.45) is 0 Å². The van der Waals surface area contributed by atoms with Crippen LogP contribution in [-0.2, 0) is 9.53 Å². The first-order valence-corrected chi connectivity index (χ1v) is 8.67. The number of nitrogens with one attached hydrogen (secondary N) is 1. The molecule has 26 heavy (non-hydrogen) atoms. The van der Waals surface area contributed by atoms with Crippen LogP contribution >= 0.6 is 0 Å². The Hall–Kier alpha value is -2.70. The molecule has 138 valence electrons. The molecule has 1 aromatic heterocycles. The molecule has 1 fully saturated rings. The number of benzene rings is 1. The molecule has 0 saturated heterocycles. The molecule has 1 aliphatic rings. The van der Waals surface area contributed by atoms with E-state index in [0.717, 1.165) is 25.7 Å². The lowest BCUT2D eigenvalue weighted by atomic mass is 9.95. The Morgan fingerprint density at radius 1 is 1.23 bits per heavy atom. The maximum Gasteiger partial charge on any atom is 0.356 e. The minimum Gasteiger partial charge on any atom is -0.483 e. The zero-order valence-corrected chi connectivity index (χ0v) is 14.6. The zero-order valence-electron chi connectivity index (χ0n) is 14.6. The summed E-state index contributed by atoms with van der Waals surface area (Å²) < 4.78 is 23.9. The summed E-state index contributed by atoms with van der Waals surface area (Å²) in [5.41, 5.74) is 0.422. The van der Waals surface area contributed by atoms with Gasteiger partial charge in [0.25, 0.3) is 5.91 Å². The van der Waals surface area contributed by atoms with Crippen LogP contribution in [0.4, 0.5) is 4.39 Å². The molecule has 0 spiro atoms. The number of pyridine rings is 1. The van der Waals surface area contributed by atoms with Crippen LogP contribution in [0.2, 0.25) is 0 Å². The minimum absolute atomic E-state index is 0.0364. The number of carbonyl (C=O) groups excluding carboxylic acids is 2. The van der Waals surface area contributed by atoms with Gasteiger partial charge >= 0.3 is 5.97 Å². The van der Waals surface area contributed by atoms with Gasteiger partial charge in [-0.15, -0.1) is 0 Å². The van der Waals surface area contributed by atoms with Gasteiger partial charge in [-0.2, -0.15) is 0 Å². The highest BCUT2D eigenvalue weighted by Gasteiger charge is 2.18. The lowest BCUT2D eigenvalue weighted by Crippen LogP contribution is -2.39. The highest BCUT2D eigenvalue weighted by molar-refractivity contribution is 5.94. The average Bonchev–Trinajstić information content (AvgIpc) is 2.66. The normalized spacial score (nSPS) is 14.8. The highest BCUT2D eigenvalue weighted by Crippen LogP contribution is 2.27. The molecule has 1 N–H and O–H groups in total. The van der Waals surface area contributed by atoms with Crippen molar-refractivity contribution in [3.05, 3.63) is 35.8 Å². The van der Waals surface area contributed by atoms with Gasteiger partial charge in [-0.25, -0.2) is 14.2 Å². The van der Waals surface area contributed by atoms with Gasteiger partial charge in [-0.3, -0.25) is 4.79 Å². The molecule has 0 radical (unpaired) electrons. The SMILES string of the molecule is COC(=O)c1cc(OCC(=O)NC2CCCCC2)c2cc(F)ccc2n1. The van der Waals surface area contributed by atoms with E-state index in [1.165, 1.54) is 37.8 Å². The number of halogens is 1. The number of hydrogen-bond donors (Lipinski definition) is 1. The van der Waals surface area contributed by atoms with Crippen molar-refractivity contribution < 1.29 is 23.5 Å². The van der Waals surface area contributed by atoms with E-state index in [0.29, 0.717) is 10.9 Å². The number of ether oxygens (including phenoxy) is 2. The predicted molar refractivity (Wildman–Crippen MR) is 93.6 cm³/mol. The summed E-state index contributed by atoms with van der Waals surface area (Å²) in [4.78, 5) is 28.1. The predicted octanol–water partition coefficient (Wildman–Crippen LogP) is 2.99. The van der Waals surface area contributed by atoms with Crippen molar-refractivity contribution in [1.29, 1.82) is 0 Å². The van der Waals surface area contributed by atoms with E-state index >= 15 is 0 Å². The number of amides is 1. The van der Waals surface area contributed by atoms with Gasteiger partial charge < -0.3 is 14.8 Å². The molecule has 1 aliphatic carbocycles. The average molecular weight is 360 g/mol. The number of carbonyl (C=O) groups is 2. The summed E-state index contributed by atoms with van der Waals surface area (Å²) in [6, 6.07) is 5.50. The molecular weight excluding hydrogens is 339 g/mol. The molecule has 1 heterocycles. The number of rotatable bonds is 5. The van der Waals surface area contributed by atoms with Crippen LogP contribution in [0.5, 0.6) is 5.75 Å². The fourth-order valence-electron chi connectivity index (χ4n) is 3.16. The molecule has 3 rings (SSSR count). The molecule has 0 unspecified atom stereocenters. The van der Waals surface area contributed by atoms with E-state index in [-0.39, 0.29) is 30.0 Å². The number of aromatic nitrogens is 1. The van der Waals surface area contributed by atoms with E-state index in [4.69, 9.17) is 4.74 Å². The van der Waals surface area contributed by atoms with Crippen molar-refractivity contribution >= 4 is 22.8 Å². The molecule has 1 amide bonds. The number of fused-ring (bicyclic) bond motifs is 1. The summed E-state index contributed by atoms with van der Waals surface area (Å²) in [6.45, 7) is -0.216. The van der Waals surface area contributed by atoms with Crippen molar-refractivity contribution in [3.8, 4) is 5.75 Å². The largest absolute Gasteiger partial charge is 0.483 e. The third-order valence-corrected chi connectivity index (χ3v) is 4.46. The molecule has 1 aromatic carbocycles. The van der Waals surface area contributed by atoms with E-state index in [9.17, 15) is 14.0 Å². The maximum atomic E-state index is 13.6. The fourth-order valence-corrected chi connectivity index (χ4v) is 3.16. The Balaban J connectivity index is 1.77. The Morgan fingerprint density at radius 2 is 2.00 bits per heavy atom. The van der Waals surface area contributed by atoms with Crippen LogP contribution in [0.1, 0.15) is 42.6 Å². The van der Waals surface area contributed by atoms with Gasteiger partial charge in [0.15, 0.2) is 12.3 Å². The smallest absolute Gasteiger partial charge is 0.356 e. The van der Waals surface area contributed by atoms with Gasteiger partial charge in [0, 0.05) is 17.5 Å². The summed E-state index contributed by atoms with van der Waals surface area (Å²) in [5, 5.41) is 3.34. The minimum atomic E-state index is -0.632. The Labute approximate surface area is 150 Å². The van der Waals surface area contributed by atoms with Gasteiger partial charge in [0.05, 0.1) is 12.6 Å². The quantitative estimate of drug-likeness (QED) is 0.830. The summed E-state index contributed by atoms with van der Waals surface area (Å²) >= 11 is 0. The Morgan fingerprint density at radius 3 is 2.73 bits per heavy atom. The lowest BCUT2D eigenvalue weighted by molar-refractivity contribution is -0.124. The monoisotopic (exact) mass is 360 g/mol. The summed E-state index contributed by atoms with van der Waals surface area (Å²) in [6.07, 6.45) is 5.38. The molecule has 0 aliphatic heterocycles. The van der Waals surface area contributed by atoms with Crippen LogP contribution in [0.25, 0.3) is 10.9 Å². The topological polar surface area (TPSA) is 77.5 Å². The van der Waals surface area contributed by atoms with Gasteiger partial charge in [0.1, 0.15) is 11.6 Å². The van der Waals surface area contributed by atoms with Gasteiger partial charge in [0.2, 0.25) is 0 Å². The second-order valence-electron chi connectivity index (χ2n) is 6.35. The van der Waals surface area contributed by atoms with Crippen LogP contribution < -0.4 is 10.1 Å². The van der Waals surface area contributed by atoms with Crippen LogP contribution in [0, 0.1) is 5.82 Å². The molecular formula is C19H21FN2O4. The van der Waals surface area contributed by atoms with Crippen LogP contribution in [-0.4, -0.2) is 36.6 Å². The van der Waals surface area contributed by atoms with Gasteiger partial charge in [-0.1, -0.05) is 19.3 Å². The van der Waals surface area contributed by atoms with E-state index in [1.54, 1.807) is 0 Å². The molecule has 1 saturated carbocycles. The Kier molecular flexibility index (Phi) is 5.65. The molecule has 0 atom stereocenters. The first kappa shape index (κ1) is 18.1. The Bertz CT molecular complexity index is 819. The molecule has 7 heteroatoms. The van der Waals surface area contributed by atoms with Crippen LogP contribution in [0.15, 0.2) is 24.3 Å². The first-order valence-electron chi connectivity index (χ1n) is 8.67. The zero-order chi connectivity index (χ0) is 18.5. The number of methoxy groups -OCH3 is 1. The third kappa shape index (κ3) is 4.28. The van der Waals surface area contributed by atoms with E-state index in [1.807, 2.05) is 0 Å². The van der Waals surface area contributed by atoms with E-state index < -0.39 is 11.8 Å². The third-order valence-electron chi connectivity index (χ3n) is 4.46. The second kappa shape index (κ2) is 8.12. The second-order valence-corrected chi connectivity index (χ2v) is 6.35. The molecule has 6 nitrogen and oxygen atoms in total. The fraction of sp³-hybridized carbons (Fsp3) is 0.421. The molecule has 2 aromatic rings. The number of nitrogens with zero attached hydrogens (tertiary/aromatic N) is 1. The lowest BCUT2D eigenvalue weighted by Gasteiger charge is -2.22. The van der Waals surface area contributed by atoms with Crippen molar-refractivity contribution in [2.75, 3.05) is 13.7 Å². The summed E-state index contributed by atoms with van der Waals surface area (Å²) in [7, 11) is 1.25. The molecule has 0 bridgehead atoms.